The van der Waals surface area contributed by atoms with Crippen molar-refractivity contribution in [2.75, 3.05) is 6.61 Å². The zero-order valence-corrected chi connectivity index (χ0v) is 19.1. The largest absolute Gasteiger partial charge is 0.489 e. The van der Waals surface area contributed by atoms with Crippen molar-refractivity contribution in [3.63, 3.8) is 0 Å². The molecule has 1 fully saturated rings. The molecule has 4 rings (SSSR count). The molecule has 0 aromatic carbocycles. The average molecular weight is 469 g/mol. The zero-order valence-electron chi connectivity index (χ0n) is 19.1. The molecule has 1 aliphatic carbocycles. The molecule has 0 bridgehead atoms. The summed E-state index contributed by atoms with van der Waals surface area (Å²) in [6.07, 6.45) is 5.88. The van der Waals surface area contributed by atoms with Crippen LogP contribution in [0.1, 0.15) is 60.4 Å². The summed E-state index contributed by atoms with van der Waals surface area (Å²) < 4.78 is 12.9. The van der Waals surface area contributed by atoms with E-state index in [1.54, 1.807) is 50.5 Å². The number of hydrogen-bond donors (Lipinski definition) is 3. The average Bonchev–Trinajstić information content (AvgIpc) is 3.22. The van der Waals surface area contributed by atoms with Crippen LogP contribution >= 0.6 is 0 Å². The van der Waals surface area contributed by atoms with Crippen LogP contribution < -0.4 is 20.5 Å². The van der Waals surface area contributed by atoms with Gasteiger partial charge in [0.15, 0.2) is 5.69 Å². The quantitative estimate of drug-likeness (QED) is 0.449. The Balaban J connectivity index is 1.33. The Bertz CT molecular complexity index is 1180. The standard InChI is InChI=1S/C23H28N6O5/c1-23(2,32)13-33-16-9-10-18-19(27-28-29(18)12-16)21(31)26-14-5-7-15(8-6-14)34-22-17(20(24)30)4-3-11-25-22/h3-4,9-12,14-15,32H,5-8,13H2,1-2H3,(H2,24,30)(H,26,31). The molecule has 0 spiro atoms. The maximum atomic E-state index is 12.8. The highest BCUT2D eigenvalue weighted by Gasteiger charge is 2.27. The molecule has 11 heteroatoms. The maximum absolute atomic E-state index is 12.8. The third-order valence-electron chi connectivity index (χ3n) is 5.52. The fourth-order valence-electron chi connectivity index (χ4n) is 3.79. The fourth-order valence-corrected chi connectivity index (χ4v) is 3.79. The molecule has 0 saturated heterocycles. The van der Waals surface area contributed by atoms with Gasteiger partial charge in [-0.15, -0.1) is 5.10 Å². The lowest BCUT2D eigenvalue weighted by molar-refractivity contribution is 0.0283. The first-order valence-corrected chi connectivity index (χ1v) is 11.1. The monoisotopic (exact) mass is 468 g/mol. The SMILES string of the molecule is CC(C)(O)COc1ccc2c(C(=O)NC3CCC(Oc4ncccc4C(N)=O)CC3)nnn2c1. The minimum atomic E-state index is -0.964. The lowest BCUT2D eigenvalue weighted by Gasteiger charge is -2.29. The molecule has 1 saturated carbocycles. The molecule has 3 aromatic heterocycles. The second-order valence-corrected chi connectivity index (χ2v) is 9.02. The van der Waals surface area contributed by atoms with Gasteiger partial charge in [-0.2, -0.15) is 0 Å². The highest BCUT2D eigenvalue weighted by atomic mass is 16.5. The van der Waals surface area contributed by atoms with E-state index in [0.717, 1.165) is 0 Å². The fraction of sp³-hybridized carbons (Fsp3) is 0.435. The number of hydrogen-bond acceptors (Lipinski definition) is 8. The van der Waals surface area contributed by atoms with Crippen LogP contribution in [0.5, 0.6) is 11.6 Å². The number of amides is 2. The van der Waals surface area contributed by atoms with Crippen molar-refractivity contribution in [3.05, 3.63) is 47.9 Å². The molecule has 0 radical (unpaired) electrons. The number of carbonyl (C=O) groups excluding carboxylic acids is 2. The summed E-state index contributed by atoms with van der Waals surface area (Å²) in [6, 6.07) is 6.61. The molecule has 0 atom stereocenters. The van der Waals surface area contributed by atoms with Crippen molar-refractivity contribution < 1.29 is 24.2 Å². The minimum absolute atomic E-state index is 0.0298. The molecule has 1 aliphatic rings. The molecule has 0 unspecified atom stereocenters. The van der Waals surface area contributed by atoms with Gasteiger partial charge in [0.2, 0.25) is 5.88 Å². The Labute approximate surface area is 196 Å². The summed E-state index contributed by atoms with van der Waals surface area (Å²) in [7, 11) is 0. The van der Waals surface area contributed by atoms with E-state index in [4.69, 9.17) is 15.2 Å². The van der Waals surface area contributed by atoms with Crippen molar-refractivity contribution in [2.45, 2.75) is 57.3 Å². The van der Waals surface area contributed by atoms with Crippen molar-refractivity contribution in [1.29, 1.82) is 0 Å². The highest BCUT2D eigenvalue weighted by Crippen LogP contribution is 2.25. The smallest absolute Gasteiger partial charge is 0.274 e. The number of rotatable bonds is 8. The lowest BCUT2D eigenvalue weighted by Crippen LogP contribution is -2.40. The van der Waals surface area contributed by atoms with Crippen molar-refractivity contribution in [2.24, 2.45) is 5.73 Å². The third kappa shape index (κ3) is 5.60. The Kier molecular flexibility index (Phi) is 6.64. The van der Waals surface area contributed by atoms with Gasteiger partial charge in [0.25, 0.3) is 11.8 Å². The highest BCUT2D eigenvalue weighted by molar-refractivity contribution is 5.98. The third-order valence-corrected chi connectivity index (χ3v) is 5.52. The van der Waals surface area contributed by atoms with E-state index in [9.17, 15) is 14.7 Å². The number of carbonyl (C=O) groups is 2. The normalized spacial score (nSPS) is 18.4. The molecular formula is C23H28N6O5. The van der Waals surface area contributed by atoms with E-state index in [0.29, 0.717) is 36.9 Å². The van der Waals surface area contributed by atoms with Crippen molar-refractivity contribution in [1.82, 2.24) is 25.1 Å². The van der Waals surface area contributed by atoms with Crippen molar-refractivity contribution in [3.8, 4) is 11.6 Å². The van der Waals surface area contributed by atoms with Crippen LogP contribution in [0.25, 0.3) is 5.52 Å². The van der Waals surface area contributed by atoms with E-state index in [1.807, 2.05) is 0 Å². The van der Waals surface area contributed by atoms with Gasteiger partial charge < -0.3 is 25.6 Å². The second kappa shape index (κ2) is 9.64. The molecule has 3 aromatic rings. The molecule has 2 amide bonds. The molecule has 180 valence electrons. The number of pyridine rings is 2. The molecule has 4 N–H and O–H groups in total. The van der Waals surface area contributed by atoms with Gasteiger partial charge in [-0.25, -0.2) is 9.50 Å². The summed E-state index contributed by atoms with van der Waals surface area (Å²) in [5, 5.41) is 20.9. The molecule has 3 heterocycles. The Morgan fingerprint density at radius 3 is 2.71 bits per heavy atom. The number of nitrogens with two attached hydrogens (primary N) is 1. The summed E-state index contributed by atoms with van der Waals surface area (Å²) in [4.78, 5) is 28.5. The molecular weight excluding hydrogens is 440 g/mol. The van der Waals surface area contributed by atoms with E-state index >= 15 is 0 Å². The summed E-state index contributed by atoms with van der Waals surface area (Å²) >= 11 is 0. The summed E-state index contributed by atoms with van der Waals surface area (Å²) in [5.74, 6) is -0.132. The number of nitrogens with one attached hydrogen (secondary N) is 1. The Morgan fingerprint density at radius 2 is 2.00 bits per heavy atom. The zero-order chi connectivity index (χ0) is 24.3. The number of fused-ring (bicyclic) bond motifs is 1. The van der Waals surface area contributed by atoms with E-state index in [1.165, 1.54) is 4.52 Å². The Morgan fingerprint density at radius 1 is 1.24 bits per heavy atom. The summed E-state index contributed by atoms with van der Waals surface area (Å²) in [5.41, 5.74) is 5.46. The molecule has 34 heavy (non-hydrogen) atoms. The molecule has 11 nitrogen and oxygen atoms in total. The number of ether oxygens (including phenoxy) is 2. The van der Waals surface area contributed by atoms with Crippen molar-refractivity contribution >= 4 is 17.3 Å². The van der Waals surface area contributed by atoms with E-state index < -0.39 is 11.5 Å². The van der Waals surface area contributed by atoms with Gasteiger partial charge in [0.1, 0.15) is 24.0 Å². The summed E-state index contributed by atoms with van der Waals surface area (Å²) in [6.45, 7) is 3.43. The van der Waals surface area contributed by atoms with Crippen LogP contribution in [0.15, 0.2) is 36.7 Å². The van der Waals surface area contributed by atoms with Gasteiger partial charge in [0, 0.05) is 12.2 Å². The molecule has 0 aliphatic heterocycles. The second-order valence-electron chi connectivity index (χ2n) is 9.02. The Hall–Kier alpha value is -3.73. The van der Waals surface area contributed by atoms with E-state index in [2.05, 4.69) is 20.6 Å². The first-order valence-electron chi connectivity index (χ1n) is 11.1. The van der Waals surface area contributed by atoms with Gasteiger partial charge in [-0.1, -0.05) is 5.21 Å². The minimum Gasteiger partial charge on any atom is -0.489 e. The first-order chi connectivity index (χ1) is 16.2. The van der Waals surface area contributed by atoms with Gasteiger partial charge >= 0.3 is 0 Å². The number of nitrogens with zero attached hydrogens (tertiary/aromatic N) is 4. The predicted molar refractivity (Wildman–Crippen MR) is 122 cm³/mol. The number of aromatic nitrogens is 4. The van der Waals surface area contributed by atoms with Gasteiger partial charge in [-0.3, -0.25) is 9.59 Å². The van der Waals surface area contributed by atoms with Gasteiger partial charge in [0.05, 0.1) is 17.3 Å². The van der Waals surface area contributed by atoms with Crippen LogP contribution in [0.4, 0.5) is 0 Å². The van der Waals surface area contributed by atoms with E-state index in [-0.39, 0.29) is 41.8 Å². The topological polar surface area (TPSA) is 154 Å². The van der Waals surface area contributed by atoms with Crippen LogP contribution in [0.3, 0.4) is 0 Å². The van der Waals surface area contributed by atoms with Crippen LogP contribution in [0.2, 0.25) is 0 Å². The van der Waals surface area contributed by atoms with Crippen LogP contribution in [-0.4, -0.2) is 61.1 Å². The van der Waals surface area contributed by atoms with Crippen LogP contribution in [-0.2, 0) is 0 Å². The predicted octanol–water partition coefficient (Wildman–Crippen LogP) is 1.49. The number of primary amides is 1. The number of aliphatic hydroxyl groups is 1. The first kappa shape index (κ1) is 23.4. The lowest BCUT2D eigenvalue weighted by atomic mass is 9.93. The maximum Gasteiger partial charge on any atom is 0.274 e. The van der Waals surface area contributed by atoms with Crippen LogP contribution in [0, 0.1) is 0 Å². The van der Waals surface area contributed by atoms with Gasteiger partial charge in [-0.05, 0) is 63.8 Å².